The first kappa shape index (κ1) is 18.0. The zero-order valence-corrected chi connectivity index (χ0v) is 13.9. The molecule has 0 aromatic heterocycles. The molecule has 2 heteroatoms. The lowest BCUT2D eigenvalue weighted by Gasteiger charge is -2.37. The molecule has 0 aliphatic carbocycles. The minimum Gasteiger partial charge on any atom is -0.355 e. The topological polar surface area (TPSA) is 18.5 Å². The van der Waals surface area contributed by atoms with E-state index in [-0.39, 0.29) is 0 Å². The number of rotatable bonds is 12. The standard InChI is InChI=1S/C18H36O2/c1-3-5-7-9-10-12-14-18(13-11-8-6-4-2)15-19-17-20-16-18/h3-17H2,1-2H3. The van der Waals surface area contributed by atoms with Gasteiger partial charge in [-0.2, -0.15) is 0 Å². The van der Waals surface area contributed by atoms with Gasteiger partial charge in [0.1, 0.15) is 6.79 Å². The molecule has 0 unspecified atom stereocenters. The van der Waals surface area contributed by atoms with Crippen LogP contribution in [0.4, 0.5) is 0 Å². The molecule has 120 valence electrons. The first-order valence-corrected chi connectivity index (χ1v) is 8.98. The lowest BCUT2D eigenvalue weighted by atomic mass is 9.79. The molecule has 0 bridgehead atoms. The molecule has 2 nitrogen and oxygen atoms in total. The molecule has 1 saturated heterocycles. The Bertz CT molecular complexity index is 209. The molecule has 0 radical (unpaired) electrons. The van der Waals surface area contributed by atoms with Crippen LogP contribution in [-0.2, 0) is 9.47 Å². The molecule has 1 aliphatic heterocycles. The Morgan fingerprint density at radius 1 is 0.650 bits per heavy atom. The van der Waals surface area contributed by atoms with Crippen LogP contribution >= 0.6 is 0 Å². The first-order chi connectivity index (χ1) is 9.83. The maximum Gasteiger partial charge on any atom is 0.146 e. The normalized spacial score (nSPS) is 18.3. The van der Waals surface area contributed by atoms with Crippen LogP contribution in [0.3, 0.4) is 0 Å². The molecular formula is C18H36O2. The van der Waals surface area contributed by atoms with E-state index in [0.717, 1.165) is 13.2 Å². The average Bonchev–Trinajstić information content (AvgIpc) is 2.48. The van der Waals surface area contributed by atoms with Crippen LogP contribution in [0.1, 0.15) is 90.9 Å². The summed E-state index contributed by atoms with van der Waals surface area (Å²) in [4.78, 5) is 0. The van der Waals surface area contributed by atoms with Gasteiger partial charge in [-0.15, -0.1) is 0 Å². The Hall–Kier alpha value is -0.0800. The molecule has 0 spiro atoms. The zero-order chi connectivity index (χ0) is 14.5. The molecule has 0 aromatic rings. The van der Waals surface area contributed by atoms with Crippen molar-refractivity contribution in [3.05, 3.63) is 0 Å². The van der Waals surface area contributed by atoms with E-state index in [1.807, 2.05) is 0 Å². The van der Waals surface area contributed by atoms with E-state index in [1.165, 1.54) is 77.0 Å². The lowest BCUT2D eigenvalue weighted by Crippen LogP contribution is -2.37. The van der Waals surface area contributed by atoms with Crippen molar-refractivity contribution in [2.45, 2.75) is 90.9 Å². The van der Waals surface area contributed by atoms with Crippen molar-refractivity contribution in [3.8, 4) is 0 Å². The monoisotopic (exact) mass is 284 g/mol. The summed E-state index contributed by atoms with van der Waals surface area (Å²) in [5, 5.41) is 0. The van der Waals surface area contributed by atoms with Crippen molar-refractivity contribution >= 4 is 0 Å². The van der Waals surface area contributed by atoms with Crippen LogP contribution in [-0.4, -0.2) is 20.0 Å². The Morgan fingerprint density at radius 2 is 1.10 bits per heavy atom. The SMILES string of the molecule is CCCCCCCCC1(CCCCCC)COCOC1. The highest BCUT2D eigenvalue weighted by Crippen LogP contribution is 2.34. The molecule has 1 heterocycles. The van der Waals surface area contributed by atoms with Crippen molar-refractivity contribution in [2.75, 3.05) is 20.0 Å². The third-order valence-corrected chi connectivity index (χ3v) is 4.60. The number of hydrogen-bond acceptors (Lipinski definition) is 2. The van der Waals surface area contributed by atoms with Gasteiger partial charge in [0.25, 0.3) is 0 Å². The van der Waals surface area contributed by atoms with Gasteiger partial charge in [-0.05, 0) is 12.8 Å². The van der Waals surface area contributed by atoms with Gasteiger partial charge in [-0.1, -0.05) is 78.1 Å². The van der Waals surface area contributed by atoms with Gasteiger partial charge in [0.2, 0.25) is 0 Å². The summed E-state index contributed by atoms with van der Waals surface area (Å²) in [6.07, 6.45) is 16.3. The maximum atomic E-state index is 5.62. The van der Waals surface area contributed by atoms with Gasteiger partial charge in [0, 0.05) is 5.41 Å². The third kappa shape index (κ3) is 7.64. The second-order valence-electron chi connectivity index (χ2n) is 6.64. The van der Waals surface area contributed by atoms with Crippen molar-refractivity contribution in [1.29, 1.82) is 0 Å². The highest BCUT2D eigenvalue weighted by atomic mass is 16.7. The highest BCUT2D eigenvalue weighted by Gasteiger charge is 2.32. The van der Waals surface area contributed by atoms with Gasteiger partial charge in [-0.3, -0.25) is 0 Å². The Kier molecular flexibility index (Phi) is 10.4. The summed E-state index contributed by atoms with van der Waals surface area (Å²) < 4.78 is 11.2. The van der Waals surface area contributed by atoms with E-state index in [0.29, 0.717) is 12.2 Å². The van der Waals surface area contributed by atoms with Crippen LogP contribution in [0, 0.1) is 5.41 Å². The fraction of sp³-hybridized carbons (Fsp3) is 1.00. The van der Waals surface area contributed by atoms with E-state index in [2.05, 4.69) is 13.8 Å². The minimum absolute atomic E-state index is 0.330. The molecule has 1 fully saturated rings. The summed E-state index contributed by atoms with van der Waals surface area (Å²) in [6.45, 7) is 6.91. The van der Waals surface area contributed by atoms with E-state index in [4.69, 9.17) is 9.47 Å². The van der Waals surface area contributed by atoms with Gasteiger partial charge in [-0.25, -0.2) is 0 Å². The van der Waals surface area contributed by atoms with Gasteiger partial charge in [0.15, 0.2) is 0 Å². The predicted molar refractivity (Wildman–Crippen MR) is 86.0 cm³/mol. The fourth-order valence-electron chi connectivity index (χ4n) is 3.24. The van der Waals surface area contributed by atoms with Crippen LogP contribution in [0.5, 0.6) is 0 Å². The van der Waals surface area contributed by atoms with Crippen LogP contribution in [0.2, 0.25) is 0 Å². The number of unbranched alkanes of at least 4 members (excludes halogenated alkanes) is 8. The summed E-state index contributed by atoms with van der Waals surface area (Å²) in [7, 11) is 0. The quantitative estimate of drug-likeness (QED) is 0.428. The average molecular weight is 284 g/mol. The lowest BCUT2D eigenvalue weighted by molar-refractivity contribution is -0.169. The molecule has 0 N–H and O–H groups in total. The van der Waals surface area contributed by atoms with Crippen molar-refractivity contribution in [1.82, 2.24) is 0 Å². The smallest absolute Gasteiger partial charge is 0.146 e. The van der Waals surface area contributed by atoms with Crippen LogP contribution in [0.25, 0.3) is 0 Å². The predicted octanol–water partition coefficient (Wildman–Crippen LogP) is 5.70. The Morgan fingerprint density at radius 3 is 1.65 bits per heavy atom. The largest absolute Gasteiger partial charge is 0.355 e. The molecule has 0 amide bonds. The van der Waals surface area contributed by atoms with E-state index in [9.17, 15) is 0 Å². The van der Waals surface area contributed by atoms with E-state index in [1.54, 1.807) is 0 Å². The zero-order valence-electron chi connectivity index (χ0n) is 13.9. The fourth-order valence-corrected chi connectivity index (χ4v) is 3.24. The molecular weight excluding hydrogens is 248 g/mol. The van der Waals surface area contributed by atoms with Gasteiger partial charge >= 0.3 is 0 Å². The second kappa shape index (κ2) is 11.6. The third-order valence-electron chi connectivity index (χ3n) is 4.60. The van der Waals surface area contributed by atoms with Crippen molar-refractivity contribution in [2.24, 2.45) is 5.41 Å². The van der Waals surface area contributed by atoms with Crippen LogP contribution in [0.15, 0.2) is 0 Å². The summed E-state index contributed by atoms with van der Waals surface area (Å²) in [6, 6.07) is 0. The number of ether oxygens (including phenoxy) is 2. The second-order valence-corrected chi connectivity index (χ2v) is 6.64. The molecule has 1 rings (SSSR count). The summed E-state index contributed by atoms with van der Waals surface area (Å²) in [5.41, 5.74) is 0.330. The highest BCUT2D eigenvalue weighted by molar-refractivity contribution is 4.80. The van der Waals surface area contributed by atoms with Crippen molar-refractivity contribution < 1.29 is 9.47 Å². The number of hydrogen-bond donors (Lipinski definition) is 0. The van der Waals surface area contributed by atoms with E-state index < -0.39 is 0 Å². The van der Waals surface area contributed by atoms with Gasteiger partial charge in [0.05, 0.1) is 13.2 Å². The molecule has 20 heavy (non-hydrogen) atoms. The summed E-state index contributed by atoms with van der Waals surface area (Å²) in [5.74, 6) is 0. The molecule has 0 atom stereocenters. The van der Waals surface area contributed by atoms with Gasteiger partial charge < -0.3 is 9.47 Å². The Labute approximate surface area is 126 Å². The minimum atomic E-state index is 0.330. The van der Waals surface area contributed by atoms with E-state index >= 15 is 0 Å². The first-order valence-electron chi connectivity index (χ1n) is 8.98. The van der Waals surface area contributed by atoms with Crippen molar-refractivity contribution in [3.63, 3.8) is 0 Å². The Balaban J connectivity index is 2.20. The maximum absolute atomic E-state index is 5.62. The molecule has 0 saturated carbocycles. The molecule has 0 aromatic carbocycles. The summed E-state index contributed by atoms with van der Waals surface area (Å²) >= 11 is 0. The molecule has 1 aliphatic rings. The van der Waals surface area contributed by atoms with Crippen LogP contribution < -0.4 is 0 Å².